The fourth-order valence-corrected chi connectivity index (χ4v) is 0.674. The van der Waals surface area contributed by atoms with E-state index >= 15 is 0 Å². The number of hydroxylamine groups is 3. The topological polar surface area (TPSA) is 43.3 Å². The minimum Gasteiger partial charge on any atom is -0.628 e. The largest absolute Gasteiger partial charge is 0.628 e. The Hall–Kier alpha value is -0.380. The molecule has 0 spiro atoms. The molecule has 0 aromatic heterocycles. The van der Waals surface area contributed by atoms with E-state index < -0.39 is 0 Å². The van der Waals surface area contributed by atoms with Gasteiger partial charge in [0.05, 0.1) is 25.9 Å². The maximum absolute atomic E-state index is 11.3. The molecule has 0 bridgehead atoms. The summed E-state index contributed by atoms with van der Waals surface area (Å²) in [5.41, 5.74) is 0. The van der Waals surface area contributed by atoms with Gasteiger partial charge in [0.25, 0.3) is 0 Å². The molecule has 0 aromatic rings. The Kier molecular flexibility index (Phi) is 4.27. The molecule has 0 aliphatic carbocycles. The van der Waals surface area contributed by atoms with Crippen molar-refractivity contribution in [1.29, 1.82) is 0 Å². The maximum Gasteiger partial charge on any atom is 0.0941 e. The standard InChI is InChI=1S/C7H15NO2/c1-3-8(10,4-2)6-5-7-9/h5-6,9H,3-4,7H2,1-2H3/b6-5+. The van der Waals surface area contributed by atoms with Crippen LogP contribution in [0.2, 0.25) is 0 Å². The molecule has 0 aromatic carbocycles. The van der Waals surface area contributed by atoms with Gasteiger partial charge in [-0.1, -0.05) is 0 Å². The van der Waals surface area contributed by atoms with Crippen molar-refractivity contribution in [3.63, 3.8) is 0 Å². The highest BCUT2D eigenvalue weighted by molar-refractivity contribution is 4.73. The van der Waals surface area contributed by atoms with Crippen LogP contribution in [-0.4, -0.2) is 29.4 Å². The quantitative estimate of drug-likeness (QED) is 0.470. The van der Waals surface area contributed by atoms with Crippen molar-refractivity contribution in [2.24, 2.45) is 0 Å². The van der Waals surface area contributed by atoms with Crippen molar-refractivity contribution in [2.45, 2.75) is 13.8 Å². The van der Waals surface area contributed by atoms with E-state index in [1.807, 2.05) is 13.8 Å². The molecule has 0 radical (unpaired) electrons. The SMILES string of the molecule is CC[N+]([O-])(/C=C/CO)CC. The van der Waals surface area contributed by atoms with Crippen LogP contribution in [0.5, 0.6) is 0 Å². The Morgan fingerprint density at radius 1 is 1.40 bits per heavy atom. The molecule has 1 N–H and O–H groups in total. The Balaban J connectivity index is 3.92. The van der Waals surface area contributed by atoms with Crippen LogP contribution in [-0.2, 0) is 0 Å². The van der Waals surface area contributed by atoms with Crippen LogP contribution >= 0.6 is 0 Å². The minimum absolute atomic E-state index is 0.0533. The highest BCUT2D eigenvalue weighted by Gasteiger charge is 2.04. The van der Waals surface area contributed by atoms with Gasteiger partial charge in [-0.15, -0.1) is 0 Å². The molecule has 0 saturated heterocycles. The molecule has 3 heteroatoms. The third-order valence-electron chi connectivity index (χ3n) is 1.55. The van der Waals surface area contributed by atoms with Crippen molar-refractivity contribution >= 4 is 0 Å². The summed E-state index contributed by atoms with van der Waals surface area (Å²) in [6, 6.07) is 0. The molecule has 60 valence electrons. The van der Waals surface area contributed by atoms with Crippen LogP contribution in [0.3, 0.4) is 0 Å². The predicted molar refractivity (Wildman–Crippen MR) is 40.9 cm³/mol. The smallest absolute Gasteiger partial charge is 0.0941 e. The van der Waals surface area contributed by atoms with Crippen molar-refractivity contribution in [3.8, 4) is 0 Å². The molecule has 0 unspecified atom stereocenters. The van der Waals surface area contributed by atoms with E-state index in [0.29, 0.717) is 13.1 Å². The van der Waals surface area contributed by atoms with Crippen LogP contribution in [0.1, 0.15) is 13.8 Å². The first-order valence-electron chi connectivity index (χ1n) is 3.55. The van der Waals surface area contributed by atoms with E-state index in [1.54, 1.807) is 0 Å². The zero-order chi connectivity index (χ0) is 8.04. The zero-order valence-electron chi connectivity index (χ0n) is 6.58. The molecule has 0 amide bonds. The van der Waals surface area contributed by atoms with E-state index in [0.717, 1.165) is 0 Å². The van der Waals surface area contributed by atoms with Crippen molar-refractivity contribution in [1.82, 2.24) is 0 Å². The van der Waals surface area contributed by atoms with E-state index in [1.165, 1.54) is 12.3 Å². The predicted octanol–water partition coefficient (Wildman–Crippen LogP) is 0.847. The Morgan fingerprint density at radius 2 is 1.90 bits per heavy atom. The molecule has 10 heavy (non-hydrogen) atoms. The van der Waals surface area contributed by atoms with Crippen LogP contribution in [0.4, 0.5) is 0 Å². The molecule has 0 saturated carbocycles. The zero-order valence-corrected chi connectivity index (χ0v) is 6.58. The summed E-state index contributed by atoms with van der Waals surface area (Å²) in [5.74, 6) is 0. The van der Waals surface area contributed by atoms with Crippen molar-refractivity contribution in [2.75, 3.05) is 19.7 Å². The number of quaternary nitrogens is 1. The molecule has 3 nitrogen and oxygen atoms in total. The van der Waals surface area contributed by atoms with Crippen LogP contribution in [0.25, 0.3) is 0 Å². The summed E-state index contributed by atoms with van der Waals surface area (Å²) >= 11 is 0. The highest BCUT2D eigenvalue weighted by atomic mass is 16.5. The van der Waals surface area contributed by atoms with Crippen LogP contribution in [0, 0.1) is 5.21 Å². The van der Waals surface area contributed by atoms with Gasteiger partial charge in [-0.3, -0.25) is 0 Å². The average molecular weight is 145 g/mol. The van der Waals surface area contributed by atoms with Gasteiger partial charge in [0.2, 0.25) is 0 Å². The Morgan fingerprint density at radius 3 is 2.20 bits per heavy atom. The number of hydrogen-bond donors (Lipinski definition) is 1. The first-order chi connectivity index (χ1) is 4.68. The number of rotatable bonds is 4. The fourth-order valence-electron chi connectivity index (χ4n) is 0.674. The van der Waals surface area contributed by atoms with Crippen LogP contribution < -0.4 is 0 Å². The van der Waals surface area contributed by atoms with E-state index in [2.05, 4.69) is 0 Å². The van der Waals surface area contributed by atoms with Gasteiger partial charge in [0, 0.05) is 0 Å². The van der Waals surface area contributed by atoms with Gasteiger partial charge < -0.3 is 15.0 Å². The maximum atomic E-state index is 11.3. The Labute approximate surface area is 61.8 Å². The lowest BCUT2D eigenvalue weighted by Crippen LogP contribution is -2.35. The van der Waals surface area contributed by atoms with Gasteiger partial charge in [-0.25, -0.2) is 0 Å². The minimum atomic E-state index is -0.347. The number of hydrogen-bond acceptors (Lipinski definition) is 2. The molecule has 0 rings (SSSR count). The molecular formula is C7H15NO2. The molecule has 0 fully saturated rings. The van der Waals surface area contributed by atoms with E-state index in [9.17, 15) is 5.21 Å². The average Bonchev–Trinajstić information content (AvgIpc) is 2.00. The van der Waals surface area contributed by atoms with E-state index in [-0.39, 0.29) is 11.3 Å². The lowest BCUT2D eigenvalue weighted by Gasteiger charge is -2.36. The monoisotopic (exact) mass is 145 g/mol. The van der Waals surface area contributed by atoms with Crippen LogP contribution in [0.15, 0.2) is 12.3 Å². The summed E-state index contributed by atoms with van der Waals surface area (Å²) in [5, 5.41) is 19.7. The molecule has 0 atom stereocenters. The first-order valence-corrected chi connectivity index (χ1v) is 3.55. The second-order valence-electron chi connectivity index (χ2n) is 2.15. The normalized spacial score (nSPS) is 12.8. The van der Waals surface area contributed by atoms with Gasteiger partial charge in [0.1, 0.15) is 0 Å². The second-order valence-corrected chi connectivity index (χ2v) is 2.15. The Bertz CT molecular complexity index is 108. The van der Waals surface area contributed by atoms with E-state index in [4.69, 9.17) is 5.11 Å². The third kappa shape index (κ3) is 2.96. The first kappa shape index (κ1) is 9.62. The summed E-state index contributed by atoms with van der Waals surface area (Å²) in [7, 11) is 0. The van der Waals surface area contributed by atoms with Crippen molar-refractivity contribution < 1.29 is 9.75 Å². The summed E-state index contributed by atoms with van der Waals surface area (Å²) < 4.78 is -0.347. The molecular weight excluding hydrogens is 130 g/mol. The number of aliphatic hydroxyl groups excluding tert-OH is 1. The molecule has 0 heterocycles. The lowest BCUT2D eigenvalue weighted by molar-refractivity contribution is -0.825. The van der Waals surface area contributed by atoms with Gasteiger partial charge in [-0.2, -0.15) is 0 Å². The van der Waals surface area contributed by atoms with Gasteiger partial charge in [0.15, 0.2) is 0 Å². The highest BCUT2D eigenvalue weighted by Crippen LogP contribution is 2.03. The molecule has 0 aliphatic heterocycles. The lowest BCUT2D eigenvalue weighted by atomic mass is 10.5. The second kappa shape index (κ2) is 4.44. The fraction of sp³-hybridized carbons (Fsp3) is 0.714. The summed E-state index contributed by atoms with van der Waals surface area (Å²) in [6.45, 7) is 4.65. The third-order valence-corrected chi connectivity index (χ3v) is 1.55. The van der Waals surface area contributed by atoms with Crippen molar-refractivity contribution in [3.05, 3.63) is 17.5 Å². The van der Waals surface area contributed by atoms with Gasteiger partial charge in [-0.05, 0) is 19.9 Å². The molecule has 0 aliphatic rings. The van der Waals surface area contributed by atoms with Gasteiger partial charge >= 0.3 is 0 Å². The summed E-state index contributed by atoms with van der Waals surface area (Å²) in [6.07, 6.45) is 2.97. The number of aliphatic hydroxyl groups is 1. The number of nitrogens with zero attached hydrogens (tertiary/aromatic N) is 1. The summed E-state index contributed by atoms with van der Waals surface area (Å²) in [4.78, 5) is 0.